The second-order valence-electron chi connectivity index (χ2n) is 6.26. The molecule has 0 unspecified atom stereocenters. The molecule has 0 aliphatic heterocycles. The minimum atomic E-state index is -3.77. The van der Waals surface area contributed by atoms with Crippen LogP contribution in [0.2, 0.25) is 0 Å². The van der Waals surface area contributed by atoms with E-state index in [0.717, 1.165) is 5.56 Å². The van der Waals surface area contributed by atoms with Crippen LogP contribution < -0.4 is 10.5 Å². The van der Waals surface area contributed by atoms with Gasteiger partial charge in [-0.2, -0.15) is 5.26 Å². The van der Waals surface area contributed by atoms with Crippen molar-refractivity contribution in [2.75, 3.05) is 5.32 Å². The Morgan fingerprint density at radius 2 is 1.72 bits per heavy atom. The number of primary sulfonamides is 1. The number of carbonyl (C=O) groups excluding carboxylic acids is 1. The lowest BCUT2D eigenvalue weighted by Gasteiger charge is -2.04. The minimum absolute atomic E-state index is 0.00697. The number of nitrogens with two attached hydrogens (primary N) is 1. The molecule has 146 valence electrons. The Bertz CT molecular complexity index is 1220. The smallest absolute Gasteiger partial charge is 0.266 e. The topological polar surface area (TPSA) is 126 Å². The van der Waals surface area contributed by atoms with Gasteiger partial charge in [0.1, 0.15) is 23.2 Å². The Balaban J connectivity index is 1.79. The van der Waals surface area contributed by atoms with E-state index in [1.807, 2.05) is 25.1 Å². The fourth-order valence-electron chi connectivity index (χ4n) is 2.52. The van der Waals surface area contributed by atoms with Gasteiger partial charge in [-0.3, -0.25) is 4.79 Å². The number of rotatable bonds is 5. The molecule has 0 spiro atoms. The number of hydrogen-bond donors (Lipinski definition) is 2. The van der Waals surface area contributed by atoms with E-state index in [4.69, 9.17) is 9.56 Å². The molecule has 2 aromatic carbocycles. The highest BCUT2D eigenvalue weighted by molar-refractivity contribution is 7.89. The van der Waals surface area contributed by atoms with Crippen LogP contribution in [0.15, 0.2) is 75.5 Å². The van der Waals surface area contributed by atoms with Crippen molar-refractivity contribution in [2.45, 2.75) is 11.8 Å². The first-order valence-electron chi connectivity index (χ1n) is 8.49. The summed E-state index contributed by atoms with van der Waals surface area (Å²) in [5, 5.41) is 17.1. The lowest BCUT2D eigenvalue weighted by atomic mass is 10.2. The van der Waals surface area contributed by atoms with Crippen molar-refractivity contribution >= 4 is 27.7 Å². The van der Waals surface area contributed by atoms with Crippen molar-refractivity contribution in [3.8, 4) is 17.4 Å². The van der Waals surface area contributed by atoms with Crippen molar-refractivity contribution in [2.24, 2.45) is 5.14 Å². The molecule has 3 N–H and O–H groups in total. The number of furan rings is 1. The standard InChI is InChI=1S/C21H17N3O4S/c1-14-2-6-17(7-3-14)24-21(25)16(13-22)12-18-8-11-20(28-18)15-4-9-19(10-5-15)29(23,26)27/h2-12H,1H3,(H,24,25)(H2,23,26,27)/b16-12+. The Hall–Kier alpha value is -3.67. The number of amides is 1. The molecule has 8 heteroatoms. The number of anilines is 1. The maximum atomic E-state index is 12.3. The summed E-state index contributed by atoms with van der Waals surface area (Å²) in [5.41, 5.74) is 2.15. The molecule has 1 heterocycles. The first kappa shape index (κ1) is 20.1. The summed E-state index contributed by atoms with van der Waals surface area (Å²) in [6.45, 7) is 1.93. The minimum Gasteiger partial charge on any atom is -0.457 e. The van der Waals surface area contributed by atoms with Gasteiger partial charge in [0.05, 0.1) is 4.90 Å². The van der Waals surface area contributed by atoms with Gasteiger partial charge in [0.25, 0.3) is 5.91 Å². The van der Waals surface area contributed by atoms with Gasteiger partial charge < -0.3 is 9.73 Å². The highest BCUT2D eigenvalue weighted by atomic mass is 32.2. The molecule has 0 fully saturated rings. The molecule has 1 aromatic heterocycles. The molecule has 3 rings (SSSR count). The lowest BCUT2D eigenvalue weighted by molar-refractivity contribution is -0.112. The van der Waals surface area contributed by atoms with Crippen LogP contribution in [0.25, 0.3) is 17.4 Å². The lowest BCUT2D eigenvalue weighted by Crippen LogP contribution is -2.13. The molecule has 3 aromatic rings. The quantitative estimate of drug-likeness (QED) is 0.495. The van der Waals surface area contributed by atoms with Crippen molar-refractivity contribution in [1.29, 1.82) is 5.26 Å². The van der Waals surface area contributed by atoms with Crippen molar-refractivity contribution < 1.29 is 17.6 Å². The number of aryl methyl sites for hydroxylation is 1. The van der Waals surface area contributed by atoms with Crippen LogP contribution in [0.3, 0.4) is 0 Å². The molecule has 0 saturated heterocycles. The molecule has 0 radical (unpaired) electrons. The van der Waals surface area contributed by atoms with E-state index in [2.05, 4.69) is 5.32 Å². The predicted octanol–water partition coefficient (Wildman–Crippen LogP) is 3.45. The molecule has 7 nitrogen and oxygen atoms in total. The Morgan fingerprint density at radius 1 is 1.07 bits per heavy atom. The van der Waals surface area contributed by atoms with Crippen LogP contribution in [0.5, 0.6) is 0 Å². The van der Waals surface area contributed by atoms with Crippen molar-refractivity contribution in [3.05, 3.63) is 77.6 Å². The summed E-state index contributed by atoms with van der Waals surface area (Å²) < 4.78 is 28.3. The third-order valence-electron chi connectivity index (χ3n) is 4.06. The third-order valence-corrected chi connectivity index (χ3v) is 4.98. The molecule has 0 aliphatic rings. The van der Waals surface area contributed by atoms with Gasteiger partial charge in [-0.05, 0) is 55.5 Å². The SMILES string of the molecule is Cc1ccc(NC(=O)/C(C#N)=C/c2ccc(-c3ccc(S(N)(=O)=O)cc3)o2)cc1. The average Bonchev–Trinajstić information content (AvgIpc) is 3.16. The normalized spacial score (nSPS) is 11.7. The Morgan fingerprint density at radius 3 is 2.31 bits per heavy atom. The third kappa shape index (κ3) is 4.99. The first-order chi connectivity index (χ1) is 13.8. The van der Waals surface area contributed by atoms with Gasteiger partial charge in [0, 0.05) is 17.3 Å². The van der Waals surface area contributed by atoms with Crippen LogP contribution in [0.4, 0.5) is 5.69 Å². The molecule has 0 aliphatic carbocycles. The number of sulfonamides is 1. The number of benzene rings is 2. The summed E-state index contributed by atoms with van der Waals surface area (Å²) in [5.74, 6) is 0.214. The van der Waals surface area contributed by atoms with Gasteiger partial charge in [-0.25, -0.2) is 13.6 Å². The van der Waals surface area contributed by atoms with E-state index < -0.39 is 15.9 Å². The zero-order valence-corrected chi connectivity index (χ0v) is 16.2. The van der Waals surface area contributed by atoms with E-state index >= 15 is 0 Å². The molecular weight excluding hydrogens is 390 g/mol. The number of nitrogens with one attached hydrogen (secondary N) is 1. The molecule has 29 heavy (non-hydrogen) atoms. The number of carbonyl (C=O) groups is 1. The second kappa shape index (κ2) is 8.14. The maximum Gasteiger partial charge on any atom is 0.266 e. The monoisotopic (exact) mass is 407 g/mol. The summed E-state index contributed by atoms with van der Waals surface area (Å²) >= 11 is 0. The van der Waals surface area contributed by atoms with Gasteiger partial charge in [0.2, 0.25) is 10.0 Å². The van der Waals surface area contributed by atoms with Crippen LogP contribution in [-0.4, -0.2) is 14.3 Å². The molecule has 1 amide bonds. The van der Waals surface area contributed by atoms with Crippen LogP contribution >= 0.6 is 0 Å². The van der Waals surface area contributed by atoms with Gasteiger partial charge in [0.15, 0.2) is 0 Å². The fraction of sp³-hybridized carbons (Fsp3) is 0.0476. The largest absolute Gasteiger partial charge is 0.457 e. The molecular formula is C21H17N3O4S. The number of nitrogens with zero attached hydrogens (tertiary/aromatic N) is 1. The first-order valence-corrected chi connectivity index (χ1v) is 10.0. The van der Waals surface area contributed by atoms with E-state index in [9.17, 15) is 18.5 Å². The van der Waals surface area contributed by atoms with E-state index in [1.54, 1.807) is 36.4 Å². The zero-order chi connectivity index (χ0) is 21.0. The highest BCUT2D eigenvalue weighted by Gasteiger charge is 2.12. The fourth-order valence-corrected chi connectivity index (χ4v) is 3.04. The van der Waals surface area contributed by atoms with Gasteiger partial charge >= 0.3 is 0 Å². The van der Waals surface area contributed by atoms with Crippen LogP contribution in [0, 0.1) is 18.3 Å². The second-order valence-corrected chi connectivity index (χ2v) is 7.82. The molecule has 0 bridgehead atoms. The zero-order valence-electron chi connectivity index (χ0n) is 15.4. The summed E-state index contributed by atoms with van der Waals surface area (Å²) in [6.07, 6.45) is 1.34. The average molecular weight is 407 g/mol. The van der Waals surface area contributed by atoms with Crippen LogP contribution in [0.1, 0.15) is 11.3 Å². The van der Waals surface area contributed by atoms with Crippen molar-refractivity contribution in [1.82, 2.24) is 0 Å². The summed E-state index contributed by atoms with van der Waals surface area (Å²) in [7, 11) is -3.77. The van der Waals surface area contributed by atoms with Crippen molar-refractivity contribution in [3.63, 3.8) is 0 Å². The van der Waals surface area contributed by atoms with Gasteiger partial charge in [-0.15, -0.1) is 0 Å². The Labute approximate surface area is 168 Å². The summed E-state index contributed by atoms with van der Waals surface area (Å²) in [4.78, 5) is 12.3. The van der Waals surface area contributed by atoms with Gasteiger partial charge in [-0.1, -0.05) is 17.7 Å². The van der Waals surface area contributed by atoms with E-state index in [0.29, 0.717) is 22.8 Å². The predicted molar refractivity (Wildman–Crippen MR) is 109 cm³/mol. The maximum absolute atomic E-state index is 12.3. The summed E-state index contributed by atoms with van der Waals surface area (Å²) in [6, 6.07) is 18.2. The number of hydrogen-bond acceptors (Lipinski definition) is 5. The highest BCUT2D eigenvalue weighted by Crippen LogP contribution is 2.24. The Kier molecular flexibility index (Phi) is 5.64. The van der Waals surface area contributed by atoms with E-state index in [1.165, 1.54) is 18.2 Å². The van der Waals surface area contributed by atoms with E-state index in [-0.39, 0.29) is 10.5 Å². The molecule has 0 atom stereocenters. The number of nitriles is 1. The van der Waals surface area contributed by atoms with Crippen LogP contribution in [-0.2, 0) is 14.8 Å². The molecule has 0 saturated carbocycles.